The van der Waals surface area contributed by atoms with Gasteiger partial charge in [-0.05, 0) is 12.8 Å². The van der Waals surface area contributed by atoms with Crippen LogP contribution < -0.4 is 0 Å². The van der Waals surface area contributed by atoms with Crippen LogP contribution in [0.4, 0.5) is 0 Å². The molecule has 0 fully saturated rings. The van der Waals surface area contributed by atoms with Gasteiger partial charge in [0.1, 0.15) is 13.1 Å². The molecule has 132 valence electrons. The lowest BCUT2D eigenvalue weighted by molar-refractivity contribution is -0.149. The quantitative estimate of drug-likeness (QED) is 0.395. The highest BCUT2D eigenvalue weighted by Gasteiger charge is 2.22. The average Bonchev–Trinajstić information content (AvgIpc) is 2.80. The first-order valence-corrected chi connectivity index (χ1v) is 7.56. The minimum absolute atomic E-state index is 0.0592. The van der Waals surface area contributed by atoms with Crippen LogP contribution in [0.1, 0.15) is 32.1 Å². The Hall–Kier alpha value is -2.71. The number of carbonyl (C=O) groups excluding carboxylic acids is 3. The average molecular weight is 340 g/mol. The molecule has 1 aliphatic rings. The van der Waals surface area contributed by atoms with Crippen molar-refractivity contribution in [2.24, 2.45) is 0 Å². The fourth-order valence-electron chi connectivity index (χ4n) is 2.27. The molecule has 0 aromatic heterocycles. The molecule has 0 aromatic rings. The number of hydrogen-bond acceptors (Lipinski definition) is 5. The standard InChI is InChI=1S/C15H20N2O7/c18-11(16(9-14(21)22)10-15(23)24)5-3-1-2-4-8-17-12(19)6-7-13(17)20/h6-7H,1-5,8-10H2,(H,21,22)(H,23,24). The van der Waals surface area contributed by atoms with Crippen LogP contribution in [-0.2, 0) is 24.0 Å². The van der Waals surface area contributed by atoms with Gasteiger partial charge in [0.25, 0.3) is 11.8 Å². The number of hydrogen-bond donors (Lipinski definition) is 2. The van der Waals surface area contributed by atoms with Crippen molar-refractivity contribution >= 4 is 29.7 Å². The Morgan fingerprint density at radius 1 is 0.875 bits per heavy atom. The van der Waals surface area contributed by atoms with Crippen molar-refractivity contribution in [3.63, 3.8) is 0 Å². The van der Waals surface area contributed by atoms with Crippen molar-refractivity contribution in [3.05, 3.63) is 12.2 Å². The number of carbonyl (C=O) groups is 5. The lowest BCUT2D eigenvalue weighted by Gasteiger charge is -2.18. The van der Waals surface area contributed by atoms with Crippen molar-refractivity contribution in [1.82, 2.24) is 9.80 Å². The molecule has 0 saturated heterocycles. The van der Waals surface area contributed by atoms with Gasteiger partial charge in [-0.25, -0.2) is 0 Å². The Kier molecular flexibility index (Phi) is 7.60. The maximum absolute atomic E-state index is 11.8. The molecule has 1 heterocycles. The number of nitrogens with zero attached hydrogens (tertiary/aromatic N) is 2. The molecule has 9 nitrogen and oxygen atoms in total. The summed E-state index contributed by atoms with van der Waals surface area (Å²) in [7, 11) is 0. The third-order valence-corrected chi connectivity index (χ3v) is 3.43. The van der Waals surface area contributed by atoms with Crippen molar-refractivity contribution < 1.29 is 34.2 Å². The van der Waals surface area contributed by atoms with Gasteiger partial charge in [-0.15, -0.1) is 0 Å². The Morgan fingerprint density at radius 2 is 1.38 bits per heavy atom. The van der Waals surface area contributed by atoms with Gasteiger partial charge >= 0.3 is 11.9 Å². The predicted octanol–water partition coefficient (Wildman–Crippen LogP) is -0.140. The van der Waals surface area contributed by atoms with Crippen LogP contribution >= 0.6 is 0 Å². The van der Waals surface area contributed by atoms with Gasteiger partial charge in [0.15, 0.2) is 0 Å². The zero-order valence-corrected chi connectivity index (χ0v) is 13.1. The molecule has 0 aromatic carbocycles. The van der Waals surface area contributed by atoms with E-state index >= 15 is 0 Å². The summed E-state index contributed by atoms with van der Waals surface area (Å²) in [5, 5.41) is 17.4. The highest BCUT2D eigenvalue weighted by Crippen LogP contribution is 2.09. The summed E-state index contributed by atoms with van der Waals surface area (Å²) in [6.45, 7) is -0.961. The molecule has 1 aliphatic heterocycles. The van der Waals surface area contributed by atoms with Crippen LogP contribution in [0.5, 0.6) is 0 Å². The Bertz CT molecular complexity index is 522. The van der Waals surface area contributed by atoms with Crippen LogP contribution in [0.3, 0.4) is 0 Å². The number of rotatable bonds is 11. The van der Waals surface area contributed by atoms with Crippen LogP contribution in [-0.4, -0.2) is 69.3 Å². The second kappa shape index (κ2) is 9.43. The lowest BCUT2D eigenvalue weighted by atomic mass is 10.1. The summed E-state index contributed by atoms with van der Waals surface area (Å²) in [6.07, 6.45) is 4.95. The van der Waals surface area contributed by atoms with E-state index in [-0.39, 0.29) is 18.2 Å². The van der Waals surface area contributed by atoms with Gasteiger partial charge in [-0.3, -0.25) is 28.9 Å². The van der Waals surface area contributed by atoms with Gasteiger partial charge in [-0.1, -0.05) is 12.8 Å². The van der Waals surface area contributed by atoms with Gasteiger partial charge in [0.2, 0.25) is 5.91 Å². The fourth-order valence-corrected chi connectivity index (χ4v) is 2.27. The number of carboxylic acid groups (broad SMARTS) is 2. The van der Waals surface area contributed by atoms with Crippen molar-refractivity contribution in [1.29, 1.82) is 0 Å². The van der Waals surface area contributed by atoms with E-state index in [0.717, 1.165) is 9.80 Å². The molecule has 9 heteroatoms. The monoisotopic (exact) mass is 340 g/mol. The summed E-state index contributed by atoms with van der Waals surface area (Å²) >= 11 is 0. The minimum atomic E-state index is -1.27. The largest absolute Gasteiger partial charge is 0.480 e. The second-order valence-corrected chi connectivity index (χ2v) is 5.36. The van der Waals surface area contributed by atoms with E-state index < -0.39 is 30.9 Å². The van der Waals surface area contributed by atoms with E-state index in [2.05, 4.69) is 0 Å². The van der Waals surface area contributed by atoms with E-state index in [0.29, 0.717) is 32.2 Å². The van der Waals surface area contributed by atoms with Gasteiger partial charge in [0.05, 0.1) is 0 Å². The Labute approximate surface area is 138 Å². The van der Waals surface area contributed by atoms with Crippen molar-refractivity contribution in [2.45, 2.75) is 32.1 Å². The maximum atomic E-state index is 11.8. The fraction of sp³-hybridized carbons (Fsp3) is 0.533. The third-order valence-electron chi connectivity index (χ3n) is 3.43. The number of carboxylic acids is 2. The van der Waals surface area contributed by atoms with Crippen LogP contribution in [0.15, 0.2) is 12.2 Å². The molecular weight excluding hydrogens is 320 g/mol. The van der Waals surface area contributed by atoms with E-state index in [9.17, 15) is 24.0 Å². The first kappa shape index (κ1) is 19.3. The molecule has 0 aliphatic carbocycles. The number of aliphatic carboxylic acids is 2. The molecule has 0 saturated carbocycles. The van der Waals surface area contributed by atoms with E-state index in [1.807, 2.05) is 0 Å². The zero-order valence-electron chi connectivity index (χ0n) is 13.1. The van der Waals surface area contributed by atoms with Crippen molar-refractivity contribution in [3.8, 4) is 0 Å². The van der Waals surface area contributed by atoms with Gasteiger partial charge < -0.3 is 15.1 Å². The second-order valence-electron chi connectivity index (χ2n) is 5.36. The minimum Gasteiger partial charge on any atom is -0.480 e. The molecule has 0 bridgehead atoms. The summed E-state index contributed by atoms with van der Waals surface area (Å²) in [4.78, 5) is 57.7. The molecular formula is C15H20N2O7. The molecule has 1 rings (SSSR count). The van der Waals surface area contributed by atoms with Crippen molar-refractivity contribution in [2.75, 3.05) is 19.6 Å². The topological polar surface area (TPSA) is 132 Å². The molecule has 0 radical (unpaired) electrons. The van der Waals surface area contributed by atoms with E-state index in [1.165, 1.54) is 12.2 Å². The lowest BCUT2D eigenvalue weighted by Crippen LogP contribution is -2.39. The molecule has 2 N–H and O–H groups in total. The Balaban J connectivity index is 2.21. The van der Waals surface area contributed by atoms with Gasteiger partial charge in [-0.2, -0.15) is 0 Å². The first-order chi connectivity index (χ1) is 11.3. The number of unbranched alkanes of at least 4 members (excludes halogenated alkanes) is 3. The number of imide groups is 1. The molecule has 24 heavy (non-hydrogen) atoms. The molecule has 0 unspecified atom stereocenters. The maximum Gasteiger partial charge on any atom is 0.323 e. The van der Waals surface area contributed by atoms with Gasteiger partial charge in [0, 0.05) is 25.1 Å². The molecule has 3 amide bonds. The Morgan fingerprint density at radius 3 is 1.88 bits per heavy atom. The number of amides is 3. The third kappa shape index (κ3) is 6.59. The summed E-state index contributed by atoms with van der Waals surface area (Å²) in [5.41, 5.74) is 0. The van der Waals surface area contributed by atoms with Crippen LogP contribution in [0.2, 0.25) is 0 Å². The highest BCUT2D eigenvalue weighted by molar-refractivity contribution is 6.12. The summed E-state index contributed by atoms with van der Waals surface area (Å²) in [5.74, 6) is -3.70. The van der Waals surface area contributed by atoms with Crippen LogP contribution in [0, 0.1) is 0 Å². The highest BCUT2D eigenvalue weighted by atomic mass is 16.4. The summed E-state index contributed by atoms with van der Waals surface area (Å²) in [6, 6.07) is 0. The first-order valence-electron chi connectivity index (χ1n) is 7.56. The zero-order chi connectivity index (χ0) is 18.1. The summed E-state index contributed by atoms with van der Waals surface area (Å²) < 4.78 is 0. The smallest absolute Gasteiger partial charge is 0.323 e. The molecule has 0 spiro atoms. The van der Waals surface area contributed by atoms with E-state index in [1.54, 1.807) is 0 Å². The SMILES string of the molecule is O=C(O)CN(CC(=O)O)C(=O)CCCCCCN1C(=O)C=CC1=O. The van der Waals surface area contributed by atoms with Crippen LogP contribution in [0.25, 0.3) is 0 Å². The normalized spacial score (nSPS) is 13.4. The predicted molar refractivity (Wildman–Crippen MR) is 80.8 cm³/mol. The molecule has 0 atom stereocenters. The van der Waals surface area contributed by atoms with E-state index in [4.69, 9.17) is 10.2 Å².